The molecule has 0 fully saturated rings. The van der Waals surface area contributed by atoms with E-state index in [1.807, 2.05) is 0 Å². The molecule has 0 saturated heterocycles. The van der Waals surface area contributed by atoms with Gasteiger partial charge in [-0.25, -0.2) is 4.39 Å². The molecule has 0 bridgehead atoms. The molecule has 9 heteroatoms. The lowest BCUT2D eigenvalue weighted by atomic mass is 9.99. The Hall–Kier alpha value is -2.32. The zero-order valence-electron chi connectivity index (χ0n) is 14.0. The molecule has 3 rings (SSSR count). The molecule has 1 amide bonds. The predicted octanol–water partition coefficient (Wildman–Crippen LogP) is 3.93. The number of fused-ring (bicyclic) bond motifs is 1. The van der Waals surface area contributed by atoms with Gasteiger partial charge in [0, 0.05) is 6.54 Å². The van der Waals surface area contributed by atoms with E-state index in [0.717, 1.165) is 17.7 Å². The second-order valence-electron chi connectivity index (χ2n) is 5.82. The van der Waals surface area contributed by atoms with Crippen LogP contribution in [-0.2, 0) is 23.9 Å². The summed E-state index contributed by atoms with van der Waals surface area (Å²) >= 11 is 0. The summed E-state index contributed by atoms with van der Waals surface area (Å²) in [5, 5.41) is 5.47. The van der Waals surface area contributed by atoms with Gasteiger partial charge in [-0.2, -0.15) is 13.2 Å². The monoisotopic (exact) mass is 404 g/mol. The predicted molar refractivity (Wildman–Crippen MR) is 94.6 cm³/mol. The highest BCUT2D eigenvalue weighted by molar-refractivity contribution is 5.92. The van der Waals surface area contributed by atoms with Crippen LogP contribution in [0.4, 0.5) is 23.2 Å². The van der Waals surface area contributed by atoms with Gasteiger partial charge in [0.05, 0.1) is 11.3 Å². The zero-order valence-corrected chi connectivity index (χ0v) is 14.8. The maximum atomic E-state index is 14.5. The average Bonchev–Trinajstić information content (AvgIpc) is 2.62. The van der Waals surface area contributed by atoms with Gasteiger partial charge < -0.3 is 15.4 Å². The molecule has 0 atom stereocenters. The SMILES string of the molecule is Cl.O=C(COc1ccccc1C(F)(F)F)Nc1ccc2c(c1F)CCNC2. The van der Waals surface area contributed by atoms with Crippen LogP contribution in [0.25, 0.3) is 0 Å². The Morgan fingerprint density at radius 2 is 1.93 bits per heavy atom. The first kappa shape index (κ1) is 21.0. The number of halogens is 5. The number of benzene rings is 2. The van der Waals surface area contributed by atoms with E-state index >= 15 is 0 Å². The maximum Gasteiger partial charge on any atom is 0.419 e. The third-order valence-electron chi connectivity index (χ3n) is 4.03. The van der Waals surface area contributed by atoms with Crippen LogP contribution in [0.1, 0.15) is 16.7 Å². The molecule has 1 aliphatic rings. The summed E-state index contributed by atoms with van der Waals surface area (Å²) in [4.78, 5) is 12.0. The van der Waals surface area contributed by atoms with Crippen molar-refractivity contribution in [2.24, 2.45) is 0 Å². The van der Waals surface area contributed by atoms with E-state index in [9.17, 15) is 22.4 Å². The first-order chi connectivity index (χ1) is 12.4. The van der Waals surface area contributed by atoms with E-state index in [4.69, 9.17) is 4.74 Å². The van der Waals surface area contributed by atoms with Crippen LogP contribution in [0.3, 0.4) is 0 Å². The molecule has 27 heavy (non-hydrogen) atoms. The Morgan fingerprint density at radius 1 is 1.19 bits per heavy atom. The van der Waals surface area contributed by atoms with Crippen LogP contribution in [0, 0.1) is 5.82 Å². The summed E-state index contributed by atoms with van der Waals surface area (Å²) in [5.41, 5.74) is 0.371. The Balaban J connectivity index is 0.00000261. The minimum Gasteiger partial charge on any atom is -0.483 e. The Labute approximate surface area is 159 Å². The Morgan fingerprint density at radius 3 is 2.67 bits per heavy atom. The molecule has 0 radical (unpaired) electrons. The van der Waals surface area contributed by atoms with Crippen LogP contribution in [0.15, 0.2) is 36.4 Å². The van der Waals surface area contributed by atoms with Crippen LogP contribution in [0.5, 0.6) is 5.75 Å². The van der Waals surface area contributed by atoms with E-state index in [2.05, 4.69) is 10.6 Å². The van der Waals surface area contributed by atoms with Gasteiger partial charge in [0.15, 0.2) is 6.61 Å². The van der Waals surface area contributed by atoms with Gasteiger partial charge in [0.1, 0.15) is 11.6 Å². The minimum atomic E-state index is -4.59. The summed E-state index contributed by atoms with van der Waals surface area (Å²) in [6.07, 6.45) is -4.09. The molecule has 2 N–H and O–H groups in total. The van der Waals surface area contributed by atoms with Gasteiger partial charge >= 0.3 is 6.18 Å². The number of alkyl halides is 3. The van der Waals surface area contributed by atoms with Gasteiger partial charge in [0.2, 0.25) is 0 Å². The van der Waals surface area contributed by atoms with E-state index in [-0.39, 0.29) is 18.1 Å². The van der Waals surface area contributed by atoms with E-state index in [0.29, 0.717) is 25.1 Å². The number of carbonyl (C=O) groups is 1. The summed E-state index contributed by atoms with van der Waals surface area (Å²) in [7, 11) is 0. The molecule has 0 spiro atoms. The molecule has 2 aromatic rings. The Kier molecular flexibility index (Phi) is 6.67. The molecule has 2 aromatic carbocycles. The highest BCUT2D eigenvalue weighted by atomic mass is 35.5. The zero-order chi connectivity index (χ0) is 18.7. The molecule has 1 aliphatic heterocycles. The van der Waals surface area contributed by atoms with Crippen molar-refractivity contribution in [2.45, 2.75) is 19.1 Å². The minimum absolute atomic E-state index is 0. The second-order valence-corrected chi connectivity index (χ2v) is 5.82. The fourth-order valence-electron chi connectivity index (χ4n) is 2.79. The largest absolute Gasteiger partial charge is 0.483 e. The van der Waals surface area contributed by atoms with Gasteiger partial charge in [-0.15, -0.1) is 12.4 Å². The van der Waals surface area contributed by atoms with Crippen molar-refractivity contribution in [1.29, 1.82) is 0 Å². The number of carbonyl (C=O) groups excluding carboxylic acids is 1. The lowest BCUT2D eigenvalue weighted by molar-refractivity contribution is -0.139. The number of nitrogens with one attached hydrogen (secondary N) is 2. The molecule has 0 unspecified atom stereocenters. The number of ether oxygens (including phenoxy) is 1. The summed E-state index contributed by atoms with van der Waals surface area (Å²) in [5.74, 6) is -1.71. The van der Waals surface area contributed by atoms with Crippen molar-refractivity contribution in [3.63, 3.8) is 0 Å². The smallest absolute Gasteiger partial charge is 0.419 e. The first-order valence-electron chi connectivity index (χ1n) is 7.96. The van der Waals surface area contributed by atoms with Gasteiger partial charge in [-0.05, 0) is 42.3 Å². The van der Waals surface area contributed by atoms with E-state index in [1.54, 1.807) is 6.07 Å². The first-order valence-corrected chi connectivity index (χ1v) is 7.96. The molecule has 146 valence electrons. The fraction of sp³-hybridized carbons (Fsp3) is 0.278. The number of hydrogen-bond acceptors (Lipinski definition) is 3. The average molecular weight is 405 g/mol. The van der Waals surface area contributed by atoms with Gasteiger partial charge in [-0.3, -0.25) is 4.79 Å². The number of hydrogen-bond donors (Lipinski definition) is 2. The number of amides is 1. The van der Waals surface area contributed by atoms with Gasteiger partial charge in [-0.1, -0.05) is 18.2 Å². The van der Waals surface area contributed by atoms with Crippen molar-refractivity contribution in [1.82, 2.24) is 5.32 Å². The van der Waals surface area contributed by atoms with Crippen molar-refractivity contribution < 1.29 is 27.1 Å². The molecular weight excluding hydrogens is 388 g/mol. The highest BCUT2D eigenvalue weighted by Gasteiger charge is 2.34. The van der Waals surface area contributed by atoms with E-state index in [1.165, 1.54) is 18.2 Å². The quantitative estimate of drug-likeness (QED) is 0.759. The van der Waals surface area contributed by atoms with Crippen molar-refractivity contribution in [2.75, 3.05) is 18.5 Å². The summed E-state index contributed by atoms with van der Waals surface area (Å²) < 4.78 is 58.1. The molecular formula is C18H17ClF4N2O2. The lowest BCUT2D eigenvalue weighted by Crippen LogP contribution is -2.26. The molecule has 0 saturated carbocycles. The fourth-order valence-corrected chi connectivity index (χ4v) is 2.79. The van der Waals surface area contributed by atoms with Crippen LogP contribution in [0.2, 0.25) is 0 Å². The molecule has 0 aromatic heterocycles. The molecule has 1 heterocycles. The van der Waals surface area contributed by atoms with Gasteiger partial charge in [0.25, 0.3) is 5.91 Å². The Bertz CT molecular complexity index is 827. The van der Waals surface area contributed by atoms with E-state index < -0.39 is 35.8 Å². The molecule has 0 aliphatic carbocycles. The number of anilines is 1. The van der Waals surface area contributed by atoms with Crippen LogP contribution in [-0.4, -0.2) is 19.1 Å². The topological polar surface area (TPSA) is 50.4 Å². The third kappa shape index (κ3) is 4.90. The number of rotatable bonds is 4. The van der Waals surface area contributed by atoms with Crippen molar-refractivity contribution >= 4 is 24.0 Å². The summed E-state index contributed by atoms with van der Waals surface area (Å²) in [6.45, 7) is 0.529. The van der Waals surface area contributed by atoms with Crippen molar-refractivity contribution in [3.05, 3.63) is 58.9 Å². The van der Waals surface area contributed by atoms with Crippen LogP contribution >= 0.6 is 12.4 Å². The highest BCUT2D eigenvalue weighted by Crippen LogP contribution is 2.35. The summed E-state index contributed by atoms with van der Waals surface area (Å²) in [6, 6.07) is 7.74. The standard InChI is InChI=1S/C18H16F4N2O2.ClH/c19-17-12-7-8-23-9-11(12)5-6-14(17)24-16(25)10-26-15-4-2-1-3-13(15)18(20,21)22;/h1-6,23H,7-10H2,(H,24,25);1H. The second kappa shape index (κ2) is 8.58. The lowest BCUT2D eigenvalue weighted by Gasteiger charge is -2.19. The molecule has 4 nitrogen and oxygen atoms in total. The maximum absolute atomic E-state index is 14.5. The van der Waals surface area contributed by atoms with Crippen molar-refractivity contribution in [3.8, 4) is 5.75 Å². The normalized spacial score (nSPS) is 13.3. The third-order valence-corrected chi connectivity index (χ3v) is 4.03. The van der Waals surface area contributed by atoms with Crippen LogP contribution < -0.4 is 15.4 Å². The number of para-hydroxylation sites is 1.